The minimum absolute atomic E-state index is 0.284. The third-order valence-corrected chi connectivity index (χ3v) is 4.67. The highest BCUT2D eigenvalue weighted by molar-refractivity contribution is 5.78. The van der Waals surface area contributed by atoms with E-state index in [1.54, 1.807) is 12.1 Å². The van der Waals surface area contributed by atoms with E-state index >= 15 is 0 Å². The highest BCUT2D eigenvalue weighted by atomic mass is 19.1. The van der Waals surface area contributed by atoms with Gasteiger partial charge in [0.15, 0.2) is 11.6 Å². The molecule has 2 aromatic carbocycles. The summed E-state index contributed by atoms with van der Waals surface area (Å²) in [7, 11) is 0. The van der Waals surface area contributed by atoms with Gasteiger partial charge in [-0.15, -0.1) is 0 Å². The van der Waals surface area contributed by atoms with Gasteiger partial charge in [0.25, 0.3) is 0 Å². The van der Waals surface area contributed by atoms with E-state index in [0.29, 0.717) is 11.5 Å². The molecule has 0 bridgehead atoms. The lowest BCUT2D eigenvalue weighted by atomic mass is 10.2. The number of aromatic nitrogens is 2. The number of hydrogen-bond acceptors (Lipinski definition) is 6. The van der Waals surface area contributed by atoms with E-state index in [0.717, 1.165) is 37.7 Å². The van der Waals surface area contributed by atoms with Crippen LogP contribution in [-0.2, 0) is 0 Å². The van der Waals surface area contributed by atoms with Crippen LogP contribution in [0, 0.1) is 5.82 Å². The van der Waals surface area contributed by atoms with Crippen molar-refractivity contribution in [2.75, 3.05) is 47.0 Å². The van der Waals surface area contributed by atoms with Crippen LogP contribution in [0.5, 0.6) is 0 Å². The number of piperazine rings is 1. The molecule has 4 rings (SSSR count). The highest BCUT2D eigenvalue weighted by Gasteiger charge is 2.21. The van der Waals surface area contributed by atoms with Crippen molar-refractivity contribution in [3.05, 3.63) is 66.7 Å². The van der Waals surface area contributed by atoms with Gasteiger partial charge in [-0.05, 0) is 36.4 Å². The standard InChI is InChI=1S/C20H21FN6/c21-15-6-8-16(9-7-15)25-19-18(22)20(24-14-23-19)27-12-10-26(11-13-27)17-4-2-1-3-5-17/h1-9,14H,10-13,22H2,(H,23,24,25). The average Bonchev–Trinajstić information content (AvgIpc) is 2.72. The van der Waals surface area contributed by atoms with Crippen LogP contribution in [0.2, 0.25) is 0 Å². The summed E-state index contributed by atoms with van der Waals surface area (Å²) in [5.41, 5.74) is 8.77. The molecule has 0 radical (unpaired) electrons. The van der Waals surface area contributed by atoms with Crippen LogP contribution < -0.4 is 20.9 Å². The van der Waals surface area contributed by atoms with E-state index in [2.05, 4.69) is 49.4 Å². The van der Waals surface area contributed by atoms with Gasteiger partial charge in [-0.1, -0.05) is 18.2 Å². The number of nitrogens with one attached hydrogen (secondary N) is 1. The number of nitrogen functional groups attached to an aromatic ring is 1. The molecular formula is C20H21FN6. The Morgan fingerprint density at radius 1 is 0.852 bits per heavy atom. The third-order valence-electron chi connectivity index (χ3n) is 4.67. The van der Waals surface area contributed by atoms with Gasteiger partial charge < -0.3 is 20.9 Å². The maximum absolute atomic E-state index is 13.1. The van der Waals surface area contributed by atoms with E-state index < -0.39 is 0 Å². The quantitative estimate of drug-likeness (QED) is 0.740. The number of nitrogens with zero attached hydrogens (tertiary/aromatic N) is 4. The Kier molecular flexibility index (Phi) is 4.74. The smallest absolute Gasteiger partial charge is 0.159 e. The zero-order valence-electron chi connectivity index (χ0n) is 14.8. The van der Waals surface area contributed by atoms with Gasteiger partial charge >= 0.3 is 0 Å². The largest absolute Gasteiger partial charge is 0.393 e. The molecule has 1 saturated heterocycles. The highest BCUT2D eigenvalue weighted by Crippen LogP contribution is 2.29. The van der Waals surface area contributed by atoms with Crippen LogP contribution in [0.15, 0.2) is 60.9 Å². The second-order valence-electron chi connectivity index (χ2n) is 6.40. The van der Waals surface area contributed by atoms with Crippen LogP contribution in [0.1, 0.15) is 0 Å². The second kappa shape index (κ2) is 7.49. The van der Waals surface area contributed by atoms with E-state index in [9.17, 15) is 4.39 Å². The maximum atomic E-state index is 13.1. The van der Waals surface area contributed by atoms with Gasteiger partial charge in [0.05, 0.1) is 0 Å². The summed E-state index contributed by atoms with van der Waals surface area (Å²) in [4.78, 5) is 13.1. The molecule has 138 valence electrons. The van der Waals surface area contributed by atoms with Crippen molar-refractivity contribution in [3.8, 4) is 0 Å². The monoisotopic (exact) mass is 364 g/mol. The fourth-order valence-electron chi connectivity index (χ4n) is 3.22. The minimum atomic E-state index is -0.284. The molecule has 0 unspecified atom stereocenters. The van der Waals surface area contributed by atoms with Crippen LogP contribution in [0.3, 0.4) is 0 Å². The van der Waals surface area contributed by atoms with E-state index in [4.69, 9.17) is 5.73 Å². The molecule has 0 spiro atoms. The van der Waals surface area contributed by atoms with Crippen molar-refractivity contribution < 1.29 is 4.39 Å². The topological polar surface area (TPSA) is 70.3 Å². The normalized spacial score (nSPS) is 14.3. The van der Waals surface area contributed by atoms with Crippen LogP contribution in [0.25, 0.3) is 0 Å². The third kappa shape index (κ3) is 3.76. The van der Waals surface area contributed by atoms with Gasteiger partial charge in [-0.25, -0.2) is 14.4 Å². The van der Waals surface area contributed by atoms with Crippen molar-refractivity contribution >= 4 is 28.7 Å². The summed E-state index contributed by atoms with van der Waals surface area (Å²) in [6.07, 6.45) is 1.50. The van der Waals surface area contributed by atoms with Crippen LogP contribution >= 0.6 is 0 Å². The summed E-state index contributed by atoms with van der Waals surface area (Å²) in [6.45, 7) is 3.44. The number of benzene rings is 2. The number of hydrogen-bond donors (Lipinski definition) is 2. The Hall–Kier alpha value is -3.35. The zero-order valence-corrected chi connectivity index (χ0v) is 14.8. The molecule has 0 atom stereocenters. The summed E-state index contributed by atoms with van der Waals surface area (Å²) >= 11 is 0. The molecule has 2 heterocycles. The number of nitrogens with two attached hydrogens (primary N) is 1. The predicted molar refractivity (Wildman–Crippen MR) is 107 cm³/mol. The van der Waals surface area contributed by atoms with Crippen molar-refractivity contribution in [2.45, 2.75) is 0 Å². The molecule has 0 amide bonds. The first kappa shape index (κ1) is 17.1. The molecular weight excluding hydrogens is 343 g/mol. The van der Waals surface area contributed by atoms with Gasteiger partial charge in [-0.3, -0.25) is 0 Å². The summed E-state index contributed by atoms with van der Waals surface area (Å²) in [6, 6.07) is 16.5. The summed E-state index contributed by atoms with van der Waals surface area (Å²) in [5.74, 6) is 0.965. The fourth-order valence-corrected chi connectivity index (χ4v) is 3.22. The molecule has 0 aliphatic carbocycles. The lowest BCUT2D eigenvalue weighted by Crippen LogP contribution is -2.47. The van der Waals surface area contributed by atoms with Crippen molar-refractivity contribution in [2.24, 2.45) is 0 Å². The Bertz CT molecular complexity index is 892. The summed E-state index contributed by atoms with van der Waals surface area (Å²) in [5, 5.41) is 3.13. The first-order chi connectivity index (χ1) is 13.2. The Balaban J connectivity index is 1.47. The number of halogens is 1. The Morgan fingerprint density at radius 3 is 2.22 bits per heavy atom. The molecule has 7 heteroatoms. The molecule has 1 aliphatic heterocycles. The van der Waals surface area contributed by atoms with Crippen molar-refractivity contribution in [3.63, 3.8) is 0 Å². The van der Waals surface area contributed by atoms with Crippen LogP contribution in [0.4, 0.5) is 33.1 Å². The predicted octanol–water partition coefficient (Wildman–Crippen LogP) is 3.27. The maximum Gasteiger partial charge on any atom is 0.159 e. The first-order valence-electron chi connectivity index (χ1n) is 8.89. The molecule has 27 heavy (non-hydrogen) atoms. The van der Waals surface area contributed by atoms with Gasteiger partial charge in [0.1, 0.15) is 17.8 Å². The molecule has 3 N–H and O–H groups in total. The number of rotatable bonds is 4. The van der Waals surface area contributed by atoms with Gasteiger partial charge in [0.2, 0.25) is 0 Å². The molecule has 1 aromatic heterocycles. The fraction of sp³-hybridized carbons (Fsp3) is 0.200. The summed E-state index contributed by atoms with van der Waals surface area (Å²) < 4.78 is 13.1. The van der Waals surface area contributed by atoms with E-state index in [1.165, 1.54) is 24.1 Å². The second-order valence-corrected chi connectivity index (χ2v) is 6.40. The first-order valence-corrected chi connectivity index (χ1v) is 8.89. The molecule has 1 aliphatic rings. The van der Waals surface area contributed by atoms with Crippen molar-refractivity contribution in [1.29, 1.82) is 0 Å². The zero-order chi connectivity index (χ0) is 18.6. The number of para-hydroxylation sites is 1. The number of anilines is 5. The molecule has 1 fully saturated rings. The van der Waals surface area contributed by atoms with Gasteiger partial charge in [0, 0.05) is 37.6 Å². The SMILES string of the molecule is Nc1c(Nc2ccc(F)cc2)ncnc1N1CCN(c2ccccc2)CC1. The Labute approximate surface area is 157 Å². The molecule has 0 saturated carbocycles. The van der Waals surface area contributed by atoms with E-state index in [1.807, 2.05) is 6.07 Å². The van der Waals surface area contributed by atoms with Crippen molar-refractivity contribution in [1.82, 2.24) is 9.97 Å². The molecule has 6 nitrogen and oxygen atoms in total. The average molecular weight is 364 g/mol. The van der Waals surface area contributed by atoms with Gasteiger partial charge in [-0.2, -0.15) is 0 Å². The minimum Gasteiger partial charge on any atom is -0.393 e. The van der Waals surface area contributed by atoms with E-state index in [-0.39, 0.29) is 5.82 Å². The lowest BCUT2D eigenvalue weighted by molar-refractivity contribution is 0.628. The molecule has 3 aromatic rings. The Morgan fingerprint density at radius 2 is 1.52 bits per heavy atom. The van der Waals surface area contributed by atoms with Crippen LogP contribution in [-0.4, -0.2) is 36.1 Å². The lowest BCUT2D eigenvalue weighted by Gasteiger charge is -2.37.